The lowest BCUT2D eigenvalue weighted by Gasteiger charge is -2.09. The average Bonchev–Trinajstić information content (AvgIpc) is 2.81. The monoisotopic (exact) mass is 254 g/mol. The molecule has 3 nitrogen and oxygen atoms in total. The predicted octanol–water partition coefficient (Wildman–Crippen LogP) is 3.10. The lowest BCUT2D eigenvalue weighted by atomic mass is 10.0. The van der Waals surface area contributed by atoms with E-state index in [9.17, 15) is 4.79 Å². The Hall–Kier alpha value is -1.06. The molecule has 1 heterocycles. The summed E-state index contributed by atoms with van der Waals surface area (Å²) in [6.45, 7) is 0.758. The highest BCUT2D eigenvalue weighted by atomic mass is 35.5. The summed E-state index contributed by atoms with van der Waals surface area (Å²) in [6, 6.07) is 5.11. The van der Waals surface area contributed by atoms with Gasteiger partial charge in [-0.2, -0.15) is 0 Å². The standard InChI is InChI=1S/C13H15ClO3/c1-16-9-4-5-11(12(14)7-9)13(15)8-10-3-2-6-17-10/h4-5,7,10H,2-3,6,8H2,1H3. The van der Waals surface area contributed by atoms with Crippen molar-refractivity contribution < 1.29 is 14.3 Å². The van der Waals surface area contributed by atoms with E-state index in [-0.39, 0.29) is 11.9 Å². The molecular weight excluding hydrogens is 240 g/mol. The minimum absolute atomic E-state index is 0.0320. The summed E-state index contributed by atoms with van der Waals surface area (Å²) in [5, 5.41) is 0.437. The average molecular weight is 255 g/mol. The summed E-state index contributed by atoms with van der Waals surface area (Å²) in [6.07, 6.45) is 2.46. The Bertz CT molecular complexity index is 411. The van der Waals surface area contributed by atoms with E-state index in [1.807, 2.05) is 0 Å². The molecule has 0 amide bonds. The number of carbonyl (C=O) groups is 1. The van der Waals surface area contributed by atoms with E-state index in [4.69, 9.17) is 21.1 Å². The largest absolute Gasteiger partial charge is 0.497 e. The van der Waals surface area contributed by atoms with Gasteiger partial charge < -0.3 is 9.47 Å². The Kier molecular flexibility index (Phi) is 4.02. The van der Waals surface area contributed by atoms with Gasteiger partial charge in [-0.1, -0.05) is 11.6 Å². The molecule has 92 valence electrons. The molecular formula is C13H15ClO3. The first kappa shape index (κ1) is 12.4. The van der Waals surface area contributed by atoms with Gasteiger partial charge in [0.1, 0.15) is 5.75 Å². The molecule has 1 aliphatic heterocycles. The number of ether oxygens (including phenoxy) is 2. The van der Waals surface area contributed by atoms with Crippen LogP contribution in [0, 0.1) is 0 Å². The number of benzene rings is 1. The van der Waals surface area contributed by atoms with Gasteiger partial charge in [0.05, 0.1) is 18.2 Å². The first-order chi connectivity index (χ1) is 8.20. The number of methoxy groups -OCH3 is 1. The zero-order chi connectivity index (χ0) is 12.3. The number of ketones is 1. The molecule has 1 aromatic rings. The fourth-order valence-electron chi connectivity index (χ4n) is 1.97. The minimum Gasteiger partial charge on any atom is -0.497 e. The van der Waals surface area contributed by atoms with Crippen molar-refractivity contribution in [2.75, 3.05) is 13.7 Å². The molecule has 1 aromatic carbocycles. The van der Waals surface area contributed by atoms with Crippen LogP contribution in [0.5, 0.6) is 5.75 Å². The number of hydrogen-bond donors (Lipinski definition) is 0. The van der Waals surface area contributed by atoms with Gasteiger partial charge in [0.15, 0.2) is 5.78 Å². The summed E-state index contributed by atoms with van der Waals surface area (Å²) in [5.41, 5.74) is 0.544. The number of halogens is 1. The maximum absolute atomic E-state index is 12.0. The van der Waals surface area contributed by atoms with E-state index in [2.05, 4.69) is 0 Å². The third-order valence-corrected chi connectivity index (χ3v) is 3.23. The molecule has 0 aromatic heterocycles. The van der Waals surface area contributed by atoms with Crippen LogP contribution < -0.4 is 4.74 Å². The summed E-state index contributed by atoms with van der Waals surface area (Å²) in [5.74, 6) is 0.688. The van der Waals surface area contributed by atoms with Crippen LogP contribution in [-0.4, -0.2) is 25.6 Å². The van der Waals surface area contributed by atoms with Crippen LogP contribution in [-0.2, 0) is 4.74 Å². The molecule has 1 saturated heterocycles. The SMILES string of the molecule is COc1ccc(C(=O)CC2CCCO2)c(Cl)c1. The van der Waals surface area contributed by atoms with Crippen LogP contribution >= 0.6 is 11.6 Å². The summed E-state index contributed by atoms with van der Waals surface area (Å²) >= 11 is 6.05. The number of rotatable bonds is 4. The highest BCUT2D eigenvalue weighted by Crippen LogP contribution is 2.25. The molecule has 17 heavy (non-hydrogen) atoms. The molecule has 2 rings (SSSR count). The highest BCUT2D eigenvalue weighted by Gasteiger charge is 2.21. The fraction of sp³-hybridized carbons (Fsp3) is 0.462. The Morgan fingerprint density at radius 2 is 2.41 bits per heavy atom. The molecule has 1 aliphatic rings. The number of Topliss-reactive ketones (excluding diaryl/α,β-unsaturated/α-hetero) is 1. The van der Waals surface area contributed by atoms with Gasteiger partial charge in [0.25, 0.3) is 0 Å². The van der Waals surface area contributed by atoms with Crippen LogP contribution in [0.15, 0.2) is 18.2 Å². The maximum atomic E-state index is 12.0. The minimum atomic E-state index is 0.0320. The third kappa shape index (κ3) is 2.99. The van der Waals surface area contributed by atoms with Gasteiger partial charge in [-0.25, -0.2) is 0 Å². The van der Waals surface area contributed by atoms with Crippen LogP contribution in [0.3, 0.4) is 0 Å². The second kappa shape index (κ2) is 5.52. The van der Waals surface area contributed by atoms with E-state index in [1.165, 1.54) is 0 Å². The molecule has 0 radical (unpaired) electrons. The van der Waals surface area contributed by atoms with Crippen molar-refractivity contribution in [2.45, 2.75) is 25.4 Å². The lowest BCUT2D eigenvalue weighted by Crippen LogP contribution is -2.12. The Balaban J connectivity index is 2.07. The molecule has 0 spiro atoms. The predicted molar refractivity (Wildman–Crippen MR) is 65.9 cm³/mol. The van der Waals surface area contributed by atoms with E-state index >= 15 is 0 Å². The summed E-state index contributed by atoms with van der Waals surface area (Å²) in [4.78, 5) is 12.0. The van der Waals surface area contributed by atoms with Gasteiger partial charge in [-0.3, -0.25) is 4.79 Å². The molecule has 0 aliphatic carbocycles. The second-order valence-electron chi connectivity index (χ2n) is 4.11. The van der Waals surface area contributed by atoms with Gasteiger partial charge in [0.2, 0.25) is 0 Å². The van der Waals surface area contributed by atoms with Crippen molar-refractivity contribution >= 4 is 17.4 Å². The molecule has 0 saturated carbocycles. The second-order valence-corrected chi connectivity index (χ2v) is 4.52. The smallest absolute Gasteiger partial charge is 0.166 e. The van der Waals surface area contributed by atoms with Gasteiger partial charge in [-0.15, -0.1) is 0 Å². The highest BCUT2D eigenvalue weighted by molar-refractivity contribution is 6.34. The Morgan fingerprint density at radius 3 is 3.00 bits per heavy atom. The van der Waals surface area contributed by atoms with Crippen molar-refractivity contribution in [1.29, 1.82) is 0 Å². The van der Waals surface area contributed by atoms with E-state index in [1.54, 1.807) is 25.3 Å². The maximum Gasteiger partial charge on any atom is 0.166 e. The van der Waals surface area contributed by atoms with Crippen LogP contribution in [0.25, 0.3) is 0 Å². The first-order valence-electron chi connectivity index (χ1n) is 5.69. The third-order valence-electron chi connectivity index (χ3n) is 2.91. The normalized spacial score (nSPS) is 19.3. The molecule has 1 fully saturated rings. The fourth-order valence-corrected chi connectivity index (χ4v) is 2.25. The van der Waals surface area contributed by atoms with Crippen molar-refractivity contribution in [3.05, 3.63) is 28.8 Å². The van der Waals surface area contributed by atoms with Crippen LogP contribution in [0.2, 0.25) is 5.02 Å². The van der Waals surface area contributed by atoms with E-state index in [0.717, 1.165) is 19.4 Å². The molecule has 4 heteroatoms. The molecule has 1 atom stereocenters. The van der Waals surface area contributed by atoms with Crippen molar-refractivity contribution in [3.63, 3.8) is 0 Å². The Labute approximate surface area is 106 Å². The topological polar surface area (TPSA) is 35.5 Å². The zero-order valence-electron chi connectivity index (χ0n) is 9.74. The molecule has 0 bridgehead atoms. The van der Waals surface area contributed by atoms with E-state index in [0.29, 0.717) is 22.8 Å². The first-order valence-corrected chi connectivity index (χ1v) is 6.07. The molecule has 0 N–H and O–H groups in total. The van der Waals surface area contributed by atoms with E-state index < -0.39 is 0 Å². The zero-order valence-corrected chi connectivity index (χ0v) is 10.5. The van der Waals surface area contributed by atoms with Crippen molar-refractivity contribution in [2.24, 2.45) is 0 Å². The van der Waals surface area contributed by atoms with Crippen molar-refractivity contribution in [1.82, 2.24) is 0 Å². The number of carbonyl (C=O) groups excluding carboxylic acids is 1. The summed E-state index contributed by atoms with van der Waals surface area (Å²) < 4.78 is 10.5. The quantitative estimate of drug-likeness (QED) is 0.775. The van der Waals surface area contributed by atoms with Gasteiger partial charge >= 0.3 is 0 Å². The summed E-state index contributed by atoms with van der Waals surface area (Å²) in [7, 11) is 1.57. The van der Waals surface area contributed by atoms with Crippen molar-refractivity contribution in [3.8, 4) is 5.75 Å². The van der Waals surface area contributed by atoms with Crippen LogP contribution in [0.4, 0.5) is 0 Å². The van der Waals surface area contributed by atoms with Crippen LogP contribution in [0.1, 0.15) is 29.6 Å². The lowest BCUT2D eigenvalue weighted by molar-refractivity contribution is 0.0775. The van der Waals surface area contributed by atoms with Gasteiger partial charge in [-0.05, 0) is 31.0 Å². The van der Waals surface area contributed by atoms with Gasteiger partial charge in [0, 0.05) is 18.6 Å². The number of hydrogen-bond acceptors (Lipinski definition) is 3. The Morgan fingerprint density at radius 1 is 1.59 bits per heavy atom. The molecule has 1 unspecified atom stereocenters.